The molecular formula is C16H13BrN4O2S. The van der Waals surface area contributed by atoms with Crippen LogP contribution in [0.3, 0.4) is 0 Å². The number of aromatic nitrogens is 2. The van der Waals surface area contributed by atoms with Gasteiger partial charge in [-0.2, -0.15) is 0 Å². The smallest absolute Gasteiger partial charge is 0.286 e. The Bertz CT molecular complexity index is 861. The highest BCUT2D eigenvalue weighted by Gasteiger charge is 2.11. The summed E-state index contributed by atoms with van der Waals surface area (Å²) in [7, 11) is 0. The van der Waals surface area contributed by atoms with Gasteiger partial charge in [-0.25, -0.2) is 4.98 Å². The first-order chi connectivity index (χ1) is 11.6. The van der Waals surface area contributed by atoms with Crippen molar-refractivity contribution in [2.45, 2.75) is 6.42 Å². The van der Waals surface area contributed by atoms with Gasteiger partial charge in [0.15, 0.2) is 0 Å². The van der Waals surface area contributed by atoms with Gasteiger partial charge in [0.25, 0.3) is 5.91 Å². The SMILES string of the molecule is O=C(Cc1csc(-c2cccc(Br)c2)n1)NNC(=O)c1ccc[nH]1. The van der Waals surface area contributed by atoms with Crippen LogP contribution in [0.1, 0.15) is 16.2 Å². The minimum atomic E-state index is -0.401. The number of hydrogen-bond acceptors (Lipinski definition) is 4. The third kappa shape index (κ3) is 4.09. The first-order valence-corrected chi connectivity index (χ1v) is 8.72. The number of nitrogens with zero attached hydrogens (tertiary/aromatic N) is 1. The predicted octanol–water partition coefficient (Wildman–Crippen LogP) is 2.90. The van der Waals surface area contributed by atoms with Crippen molar-refractivity contribution in [1.82, 2.24) is 20.8 Å². The molecule has 0 unspecified atom stereocenters. The zero-order chi connectivity index (χ0) is 16.9. The quantitative estimate of drug-likeness (QED) is 0.584. The van der Waals surface area contributed by atoms with Gasteiger partial charge in [0.1, 0.15) is 10.7 Å². The molecule has 0 saturated carbocycles. The summed E-state index contributed by atoms with van der Waals surface area (Å²) in [6, 6.07) is 11.1. The van der Waals surface area contributed by atoms with E-state index in [1.54, 1.807) is 18.3 Å². The molecule has 0 radical (unpaired) electrons. The Morgan fingerprint density at radius 3 is 2.83 bits per heavy atom. The van der Waals surface area contributed by atoms with Crippen molar-refractivity contribution < 1.29 is 9.59 Å². The number of nitrogens with one attached hydrogen (secondary N) is 3. The molecule has 1 aromatic carbocycles. The van der Waals surface area contributed by atoms with Crippen molar-refractivity contribution in [2.24, 2.45) is 0 Å². The minimum Gasteiger partial charge on any atom is -0.357 e. The van der Waals surface area contributed by atoms with Gasteiger partial charge in [0.05, 0.1) is 12.1 Å². The van der Waals surface area contributed by atoms with Gasteiger partial charge >= 0.3 is 0 Å². The summed E-state index contributed by atoms with van der Waals surface area (Å²) in [5.41, 5.74) is 6.74. The molecule has 0 fully saturated rings. The molecule has 122 valence electrons. The molecule has 0 aliphatic carbocycles. The number of amides is 2. The van der Waals surface area contributed by atoms with E-state index in [9.17, 15) is 9.59 Å². The zero-order valence-electron chi connectivity index (χ0n) is 12.4. The monoisotopic (exact) mass is 404 g/mol. The fourth-order valence-corrected chi connectivity index (χ4v) is 3.23. The van der Waals surface area contributed by atoms with Crippen LogP contribution in [0.5, 0.6) is 0 Å². The molecule has 2 amide bonds. The number of hydrazine groups is 1. The van der Waals surface area contributed by atoms with Crippen LogP contribution in [0, 0.1) is 0 Å². The molecule has 8 heteroatoms. The number of thiazole rings is 1. The maximum Gasteiger partial charge on any atom is 0.286 e. The number of benzene rings is 1. The lowest BCUT2D eigenvalue weighted by atomic mass is 10.2. The largest absolute Gasteiger partial charge is 0.357 e. The van der Waals surface area contributed by atoms with Crippen molar-refractivity contribution in [3.05, 3.63) is 63.8 Å². The van der Waals surface area contributed by atoms with E-state index in [2.05, 4.69) is 36.7 Å². The molecule has 0 saturated heterocycles. The first kappa shape index (κ1) is 16.4. The molecule has 3 aromatic rings. The standard InChI is InChI=1S/C16H13BrN4O2S/c17-11-4-1-3-10(7-11)16-19-12(9-24-16)8-14(22)20-21-15(23)13-5-2-6-18-13/h1-7,9,18H,8H2,(H,20,22)(H,21,23). The molecule has 0 aliphatic rings. The molecule has 24 heavy (non-hydrogen) atoms. The van der Waals surface area contributed by atoms with Crippen molar-refractivity contribution >= 4 is 39.1 Å². The number of rotatable bonds is 4. The van der Waals surface area contributed by atoms with Crippen molar-refractivity contribution in [3.8, 4) is 10.6 Å². The fourth-order valence-electron chi connectivity index (χ4n) is 2.02. The van der Waals surface area contributed by atoms with E-state index in [0.717, 1.165) is 15.0 Å². The van der Waals surface area contributed by atoms with Crippen LogP contribution in [0.2, 0.25) is 0 Å². The second-order valence-corrected chi connectivity index (χ2v) is 6.69. The number of carbonyl (C=O) groups excluding carboxylic acids is 2. The van der Waals surface area contributed by atoms with E-state index >= 15 is 0 Å². The molecule has 3 rings (SSSR count). The molecule has 6 nitrogen and oxygen atoms in total. The number of aromatic amines is 1. The Hall–Kier alpha value is -2.45. The van der Waals surface area contributed by atoms with Gasteiger partial charge in [-0.05, 0) is 24.3 Å². The van der Waals surface area contributed by atoms with Crippen LogP contribution in [0.4, 0.5) is 0 Å². The van der Waals surface area contributed by atoms with Crippen LogP contribution >= 0.6 is 27.3 Å². The van der Waals surface area contributed by atoms with E-state index in [-0.39, 0.29) is 12.3 Å². The maximum absolute atomic E-state index is 11.9. The van der Waals surface area contributed by atoms with Gasteiger partial charge in [0.2, 0.25) is 5.91 Å². The number of hydrogen-bond donors (Lipinski definition) is 3. The molecule has 0 aliphatic heterocycles. The summed E-state index contributed by atoms with van der Waals surface area (Å²) in [4.78, 5) is 30.8. The van der Waals surface area contributed by atoms with Gasteiger partial charge in [-0.3, -0.25) is 20.4 Å². The van der Waals surface area contributed by atoms with E-state index in [1.807, 2.05) is 29.6 Å². The predicted molar refractivity (Wildman–Crippen MR) is 95.4 cm³/mol. The Morgan fingerprint density at radius 1 is 1.21 bits per heavy atom. The molecule has 2 heterocycles. The molecule has 0 spiro atoms. The van der Waals surface area contributed by atoms with Crippen LogP contribution in [-0.2, 0) is 11.2 Å². The summed E-state index contributed by atoms with van der Waals surface area (Å²) in [5, 5.41) is 2.68. The van der Waals surface area contributed by atoms with Gasteiger partial charge in [-0.15, -0.1) is 11.3 Å². The second-order valence-electron chi connectivity index (χ2n) is 4.92. The number of carbonyl (C=O) groups is 2. The van der Waals surface area contributed by atoms with E-state index in [4.69, 9.17) is 0 Å². The highest BCUT2D eigenvalue weighted by molar-refractivity contribution is 9.10. The summed E-state index contributed by atoms with van der Waals surface area (Å²) < 4.78 is 0.974. The van der Waals surface area contributed by atoms with Gasteiger partial charge in [-0.1, -0.05) is 28.1 Å². The highest BCUT2D eigenvalue weighted by Crippen LogP contribution is 2.26. The van der Waals surface area contributed by atoms with Crippen LogP contribution in [0.15, 0.2) is 52.4 Å². The van der Waals surface area contributed by atoms with Gasteiger partial charge in [0, 0.05) is 21.6 Å². The Labute approximate surface area is 150 Å². The topological polar surface area (TPSA) is 86.9 Å². The van der Waals surface area contributed by atoms with Crippen molar-refractivity contribution in [3.63, 3.8) is 0 Å². The van der Waals surface area contributed by atoms with E-state index in [1.165, 1.54) is 11.3 Å². The summed E-state index contributed by atoms with van der Waals surface area (Å²) in [6.07, 6.45) is 1.73. The molecule has 3 N–H and O–H groups in total. The molecular weight excluding hydrogens is 392 g/mol. The maximum atomic E-state index is 11.9. The summed E-state index contributed by atoms with van der Waals surface area (Å²) >= 11 is 4.90. The van der Waals surface area contributed by atoms with Crippen molar-refractivity contribution in [2.75, 3.05) is 0 Å². The molecule has 0 atom stereocenters. The third-order valence-corrected chi connectivity index (χ3v) is 4.56. The first-order valence-electron chi connectivity index (χ1n) is 7.05. The van der Waals surface area contributed by atoms with E-state index in [0.29, 0.717) is 11.4 Å². The number of halogens is 1. The van der Waals surface area contributed by atoms with Crippen LogP contribution < -0.4 is 10.9 Å². The zero-order valence-corrected chi connectivity index (χ0v) is 14.8. The lowest BCUT2D eigenvalue weighted by Crippen LogP contribution is -2.42. The lowest BCUT2D eigenvalue weighted by Gasteiger charge is -2.05. The Morgan fingerprint density at radius 2 is 2.08 bits per heavy atom. The Balaban J connectivity index is 1.56. The van der Waals surface area contributed by atoms with Crippen LogP contribution in [0.25, 0.3) is 10.6 Å². The average Bonchev–Trinajstić information content (AvgIpc) is 3.24. The summed E-state index contributed by atoms with van der Waals surface area (Å²) in [6.45, 7) is 0. The third-order valence-electron chi connectivity index (χ3n) is 3.12. The number of H-pyrrole nitrogens is 1. The minimum absolute atomic E-state index is 0.0928. The highest BCUT2D eigenvalue weighted by atomic mass is 79.9. The average molecular weight is 405 g/mol. The van der Waals surface area contributed by atoms with Crippen LogP contribution in [-0.4, -0.2) is 21.8 Å². The lowest BCUT2D eigenvalue weighted by molar-refractivity contribution is -0.121. The van der Waals surface area contributed by atoms with Gasteiger partial charge < -0.3 is 4.98 Å². The molecule has 0 bridgehead atoms. The van der Waals surface area contributed by atoms with Crippen molar-refractivity contribution in [1.29, 1.82) is 0 Å². The molecule has 2 aromatic heterocycles. The normalized spacial score (nSPS) is 10.4. The Kier molecular flexibility index (Phi) is 5.07. The fraction of sp³-hybridized carbons (Fsp3) is 0.0625. The summed E-state index contributed by atoms with van der Waals surface area (Å²) in [5.74, 6) is -0.734. The second kappa shape index (κ2) is 7.41. The van der Waals surface area contributed by atoms with E-state index < -0.39 is 5.91 Å².